The zero-order chi connectivity index (χ0) is 14.3. The van der Waals surface area contributed by atoms with Crippen molar-refractivity contribution in [2.45, 2.75) is 12.8 Å². The van der Waals surface area contributed by atoms with Crippen molar-refractivity contribution >= 4 is 29.2 Å². The fraction of sp³-hybridized carbons (Fsp3) is 0.462. The summed E-state index contributed by atoms with van der Waals surface area (Å²) in [6, 6.07) is 5.09. The van der Waals surface area contributed by atoms with Gasteiger partial charge in [-0.3, -0.25) is 4.79 Å². The lowest BCUT2D eigenvalue weighted by Gasteiger charge is -2.16. The molecule has 0 saturated heterocycles. The average molecular weight is 306 g/mol. The Balaban J connectivity index is 2.24. The molecule has 106 valence electrons. The third kappa shape index (κ3) is 6.66. The second-order valence-corrected chi connectivity index (χ2v) is 5.07. The molecule has 0 atom stereocenters. The van der Waals surface area contributed by atoms with Crippen LogP contribution < -0.4 is 4.74 Å². The van der Waals surface area contributed by atoms with Crippen LogP contribution in [0.5, 0.6) is 5.75 Å². The Hall–Kier alpha value is -0.970. The highest BCUT2D eigenvalue weighted by molar-refractivity contribution is 6.35. The van der Waals surface area contributed by atoms with Gasteiger partial charge in [-0.25, -0.2) is 0 Å². The summed E-state index contributed by atoms with van der Waals surface area (Å²) in [5, 5.41) is 9.59. The molecule has 4 nitrogen and oxygen atoms in total. The second-order valence-electron chi connectivity index (χ2n) is 4.22. The van der Waals surface area contributed by atoms with Crippen molar-refractivity contribution in [1.29, 1.82) is 0 Å². The van der Waals surface area contributed by atoms with E-state index in [1.54, 1.807) is 18.2 Å². The van der Waals surface area contributed by atoms with Gasteiger partial charge >= 0.3 is 5.97 Å². The summed E-state index contributed by atoms with van der Waals surface area (Å²) in [4.78, 5) is 12.4. The van der Waals surface area contributed by atoms with Gasteiger partial charge in [-0.15, -0.1) is 0 Å². The molecule has 0 heterocycles. The second kappa shape index (κ2) is 8.25. The van der Waals surface area contributed by atoms with Crippen LogP contribution in [-0.4, -0.2) is 42.7 Å². The average Bonchev–Trinajstić information content (AvgIpc) is 2.31. The minimum absolute atomic E-state index is 0.189. The van der Waals surface area contributed by atoms with Gasteiger partial charge in [0, 0.05) is 18.0 Å². The molecule has 1 N–H and O–H groups in total. The molecule has 0 saturated carbocycles. The number of carboxylic acid groups (broad SMARTS) is 1. The SMILES string of the molecule is CN(CCCC(=O)O)CCOc1ccc(Cl)cc1Cl. The highest BCUT2D eigenvalue weighted by Gasteiger charge is 2.04. The van der Waals surface area contributed by atoms with Crippen LogP contribution in [0, 0.1) is 0 Å². The molecule has 0 spiro atoms. The molecule has 19 heavy (non-hydrogen) atoms. The van der Waals surface area contributed by atoms with E-state index < -0.39 is 5.97 Å². The van der Waals surface area contributed by atoms with Gasteiger partial charge in [-0.05, 0) is 38.2 Å². The summed E-state index contributed by atoms with van der Waals surface area (Å²) in [5.41, 5.74) is 0. The fourth-order valence-electron chi connectivity index (χ4n) is 1.52. The van der Waals surface area contributed by atoms with Crippen LogP contribution >= 0.6 is 23.2 Å². The zero-order valence-electron chi connectivity index (χ0n) is 10.7. The minimum Gasteiger partial charge on any atom is -0.491 e. The molecule has 1 aromatic rings. The lowest BCUT2D eigenvalue weighted by molar-refractivity contribution is -0.137. The first-order valence-corrected chi connectivity index (χ1v) is 6.73. The Morgan fingerprint density at radius 2 is 2.11 bits per heavy atom. The number of hydrogen-bond acceptors (Lipinski definition) is 3. The van der Waals surface area contributed by atoms with Gasteiger partial charge in [0.2, 0.25) is 0 Å². The zero-order valence-corrected chi connectivity index (χ0v) is 12.2. The predicted octanol–water partition coefficient (Wildman–Crippen LogP) is 3.17. The van der Waals surface area contributed by atoms with E-state index in [0.29, 0.717) is 35.4 Å². The lowest BCUT2D eigenvalue weighted by Crippen LogP contribution is -2.25. The molecular formula is C13H17Cl2NO3. The van der Waals surface area contributed by atoms with Gasteiger partial charge in [0.15, 0.2) is 0 Å². The monoisotopic (exact) mass is 305 g/mol. The molecule has 6 heteroatoms. The number of carbonyl (C=O) groups is 1. The van der Waals surface area contributed by atoms with Gasteiger partial charge in [-0.1, -0.05) is 23.2 Å². The van der Waals surface area contributed by atoms with Crippen molar-refractivity contribution in [3.8, 4) is 5.75 Å². The van der Waals surface area contributed by atoms with E-state index >= 15 is 0 Å². The van der Waals surface area contributed by atoms with E-state index in [-0.39, 0.29) is 6.42 Å². The third-order valence-electron chi connectivity index (χ3n) is 2.55. The van der Waals surface area contributed by atoms with Crippen molar-refractivity contribution in [2.24, 2.45) is 0 Å². The summed E-state index contributed by atoms with van der Waals surface area (Å²) in [6.07, 6.45) is 0.821. The van der Waals surface area contributed by atoms with Crippen LogP contribution in [0.3, 0.4) is 0 Å². The van der Waals surface area contributed by atoms with Crippen LogP contribution in [0.2, 0.25) is 10.0 Å². The van der Waals surface area contributed by atoms with Crippen LogP contribution in [-0.2, 0) is 4.79 Å². The van der Waals surface area contributed by atoms with Gasteiger partial charge < -0.3 is 14.7 Å². The normalized spacial score (nSPS) is 10.7. The molecule has 0 bridgehead atoms. The quantitative estimate of drug-likeness (QED) is 0.801. The summed E-state index contributed by atoms with van der Waals surface area (Å²) < 4.78 is 5.54. The van der Waals surface area contributed by atoms with Crippen LogP contribution in [0.25, 0.3) is 0 Å². The van der Waals surface area contributed by atoms with E-state index in [1.807, 2.05) is 11.9 Å². The molecule has 0 fully saturated rings. The Morgan fingerprint density at radius 3 is 2.74 bits per heavy atom. The van der Waals surface area contributed by atoms with E-state index in [4.69, 9.17) is 33.0 Å². The van der Waals surface area contributed by atoms with E-state index in [9.17, 15) is 4.79 Å². The molecule has 0 aliphatic heterocycles. The molecule has 0 amide bonds. The van der Waals surface area contributed by atoms with Crippen molar-refractivity contribution < 1.29 is 14.6 Å². The topological polar surface area (TPSA) is 49.8 Å². The highest BCUT2D eigenvalue weighted by Crippen LogP contribution is 2.27. The number of hydrogen-bond donors (Lipinski definition) is 1. The summed E-state index contributed by atoms with van der Waals surface area (Å²) in [7, 11) is 1.93. The number of rotatable bonds is 8. The van der Waals surface area contributed by atoms with Gasteiger partial charge in [-0.2, -0.15) is 0 Å². The maximum atomic E-state index is 10.4. The molecule has 0 aliphatic rings. The molecule has 0 aromatic heterocycles. The molecule has 0 radical (unpaired) electrons. The number of carboxylic acids is 1. The fourth-order valence-corrected chi connectivity index (χ4v) is 1.98. The first kappa shape index (κ1) is 16.1. The first-order chi connectivity index (χ1) is 8.99. The molecule has 0 aliphatic carbocycles. The van der Waals surface area contributed by atoms with Crippen LogP contribution in [0.1, 0.15) is 12.8 Å². The van der Waals surface area contributed by atoms with Crippen LogP contribution in [0.15, 0.2) is 18.2 Å². The largest absolute Gasteiger partial charge is 0.491 e. The predicted molar refractivity (Wildman–Crippen MR) is 76.3 cm³/mol. The Morgan fingerprint density at radius 1 is 1.37 bits per heavy atom. The van der Waals surface area contributed by atoms with E-state index in [2.05, 4.69) is 0 Å². The number of ether oxygens (including phenoxy) is 1. The smallest absolute Gasteiger partial charge is 0.303 e. The highest BCUT2D eigenvalue weighted by atomic mass is 35.5. The molecule has 1 aromatic carbocycles. The first-order valence-electron chi connectivity index (χ1n) is 5.97. The standard InChI is InChI=1S/C13H17Cl2NO3/c1-16(6-2-3-13(17)18)7-8-19-12-5-4-10(14)9-11(12)15/h4-5,9H,2-3,6-8H2,1H3,(H,17,18). The minimum atomic E-state index is -0.766. The van der Waals surface area contributed by atoms with Crippen molar-refractivity contribution in [1.82, 2.24) is 4.90 Å². The van der Waals surface area contributed by atoms with Crippen molar-refractivity contribution in [3.63, 3.8) is 0 Å². The molecule has 1 rings (SSSR count). The lowest BCUT2D eigenvalue weighted by atomic mass is 10.3. The van der Waals surface area contributed by atoms with Gasteiger partial charge in [0.1, 0.15) is 12.4 Å². The summed E-state index contributed by atoms with van der Waals surface area (Å²) in [5.74, 6) is -0.164. The number of nitrogens with zero attached hydrogens (tertiary/aromatic N) is 1. The summed E-state index contributed by atoms with van der Waals surface area (Å²) >= 11 is 11.8. The molecular weight excluding hydrogens is 289 g/mol. The maximum absolute atomic E-state index is 10.4. The number of halogens is 2. The van der Waals surface area contributed by atoms with Crippen molar-refractivity contribution in [2.75, 3.05) is 26.7 Å². The van der Waals surface area contributed by atoms with Gasteiger partial charge in [0.25, 0.3) is 0 Å². The van der Waals surface area contributed by atoms with E-state index in [0.717, 1.165) is 6.54 Å². The number of aliphatic carboxylic acids is 1. The Labute approximate surface area is 122 Å². The van der Waals surface area contributed by atoms with Gasteiger partial charge in [0.05, 0.1) is 5.02 Å². The molecule has 0 unspecified atom stereocenters. The Bertz CT molecular complexity index is 426. The maximum Gasteiger partial charge on any atom is 0.303 e. The summed E-state index contributed by atoms with van der Waals surface area (Å²) in [6.45, 7) is 1.92. The number of benzene rings is 1. The number of likely N-dealkylation sites (N-methyl/N-ethyl adjacent to an activating group) is 1. The van der Waals surface area contributed by atoms with Crippen molar-refractivity contribution in [3.05, 3.63) is 28.2 Å². The Kier molecular flexibility index (Phi) is 6.99. The van der Waals surface area contributed by atoms with E-state index in [1.165, 1.54) is 0 Å². The van der Waals surface area contributed by atoms with Crippen LogP contribution in [0.4, 0.5) is 0 Å². The third-order valence-corrected chi connectivity index (χ3v) is 3.09.